The number of rotatable bonds is 2. The molecule has 15 rings (SSSR count). The number of H-pyrrole nitrogens is 1. The van der Waals surface area contributed by atoms with Crippen molar-refractivity contribution in [3.05, 3.63) is 236 Å². The SMILES string of the molecule is Cc1c(F)ccc2ncncc12.Cc1cccc2[nH]ccc12.Cc1ccnnc1C.Cc1cnc(N2CCOCC2)nc1C.Cc1cncnc1C.Cc1csc(N2CCOCC2)n1.Cc1cscn1.Cc1nc(C)c2cc(F)ccc2n1.Cc1ncc2c(C)c(F)ccc2n1. The van der Waals surface area contributed by atoms with E-state index in [0.717, 1.165) is 148 Å². The smallest absolute Gasteiger partial charge is 0.225 e. The number of halogens is 3. The standard InChI is InChI=1S/2C10H9FN2.C10H15N3O.C9H7FN2.C9H9N.C8H12N2OS.2C6H8N2.C4H5NS/c1-6-8-5-12-7(2)13-10(8)4-3-9(6)11;1-6-9-5-8(11)3-4-10(9)13-7(2)12-6;1-8-7-11-10(12-9(8)2)13-3-5-14-6-4-13;1-6-7-4-11-5-12-9(7)3-2-8(6)10;1-7-3-2-4-9-8(7)5-6-10-9;1-7-6-12-8(9-7)10-2-4-11-5-3-10;1-5-3-7-4-8-6(5)2;1-5-3-4-7-8-6(5)2;1-4-2-6-3-5-4/h2*3-5H,1-2H3;7H,3-6H2,1-2H3;2-5H,1H3;2-6,10H,1H3;6H,2-5H2,1H3;2*3-4H,1-2H3;2-3H,1H3. The third kappa shape index (κ3) is 22.7. The molecule has 0 amide bonds. The summed E-state index contributed by atoms with van der Waals surface area (Å²) in [6, 6.07) is 21.0. The monoisotopic (exact) mass is 1340 g/mol. The van der Waals surface area contributed by atoms with Crippen LogP contribution in [0.25, 0.3) is 43.6 Å². The number of ether oxygens (including phenoxy) is 2. The zero-order valence-corrected chi connectivity index (χ0v) is 58.5. The van der Waals surface area contributed by atoms with Gasteiger partial charge in [-0.25, -0.2) is 68.0 Å². The summed E-state index contributed by atoms with van der Waals surface area (Å²) in [6.07, 6.45) is 13.7. The second-order valence-corrected chi connectivity index (χ2v) is 23.9. The number of anilines is 2. The minimum absolute atomic E-state index is 0.208. The molecule has 19 nitrogen and oxygen atoms in total. The number of aromatic amines is 1. The third-order valence-corrected chi connectivity index (χ3v) is 16.8. The highest BCUT2D eigenvalue weighted by atomic mass is 32.1. The van der Waals surface area contributed by atoms with Crippen LogP contribution in [0.2, 0.25) is 0 Å². The van der Waals surface area contributed by atoms with Crippen LogP contribution in [0, 0.1) is 114 Å². The van der Waals surface area contributed by atoms with Crippen molar-refractivity contribution in [1.29, 1.82) is 0 Å². The largest absolute Gasteiger partial charge is 0.378 e. The molecule has 9 aromatic heterocycles. The number of morpholine rings is 2. The summed E-state index contributed by atoms with van der Waals surface area (Å²) < 4.78 is 49.5. The molecule has 2 saturated heterocycles. The molecule has 0 unspecified atom stereocenters. The Kier molecular flexibility index (Phi) is 28.7. The molecule has 0 bridgehead atoms. The molecule has 13 aromatic rings. The molecule has 0 atom stereocenters. The van der Waals surface area contributed by atoms with Gasteiger partial charge in [0.05, 0.1) is 59.9 Å². The molecule has 0 spiro atoms. The van der Waals surface area contributed by atoms with E-state index in [9.17, 15) is 13.2 Å². The summed E-state index contributed by atoms with van der Waals surface area (Å²) in [7, 11) is 0. The summed E-state index contributed by atoms with van der Waals surface area (Å²) in [4.78, 5) is 57.0. The number of nitrogens with zero attached hydrogens (tertiary/aromatic N) is 16. The topological polar surface area (TPSA) is 221 Å². The van der Waals surface area contributed by atoms with Gasteiger partial charge in [-0.2, -0.15) is 10.2 Å². The zero-order chi connectivity index (χ0) is 69.1. The molecule has 2 fully saturated rings. The molecular weight excluding hydrogens is 1260 g/mol. The van der Waals surface area contributed by atoms with E-state index in [1.54, 1.807) is 79.6 Å². The summed E-state index contributed by atoms with van der Waals surface area (Å²) in [5.74, 6) is 1.59. The fourth-order valence-electron chi connectivity index (χ4n) is 8.99. The van der Waals surface area contributed by atoms with Crippen LogP contribution in [0.15, 0.2) is 139 Å². The number of aryl methyl sites for hydroxylation is 14. The number of fused-ring (bicyclic) bond motifs is 4. The molecule has 0 saturated carbocycles. The molecule has 0 radical (unpaired) electrons. The molecule has 24 heteroatoms. The van der Waals surface area contributed by atoms with E-state index in [1.165, 1.54) is 52.6 Å². The zero-order valence-electron chi connectivity index (χ0n) is 56.9. The average molecular weight is 1340 g/mol. The maximum atomic E-state index is 13.1. The van der Waals surface area contributed by atoms with Gasteiger partial charge in [0.1, 0.15) is 41.8 Å². The number of aromatic nitrogens is 15. The summed E-state index contributed by atoms with van der Waals surface area (Å²) in [5, 5.41) is 16.4. The van der Waals surface area contributed by atoms with E-state index in [0.29, 0.717) is 17.0 Å². The van der Waals surface area contributed by atoms with Crippen molar-refractivity contribution < 1.29 is 22.6 Å². The Morgan fingerprint density at radius 3 is 1.69 bits per heavy atom. The molecular formula is C72H82F3N17O2S2. The fourth-order valence-corrected chi connectivity index (χ4v) is 10.4. The van der Waals surface area contributed by atoms with Crippen molar-refractivity contribution in [1.82, 2.24) is 75.0 Å². The van der Waals surface area contributed by atoms with Crippen LogP contribution in [0.4, 0.5) is 24.3 Å². The first-order chi connectivity index (χ1) is 46.1. The van der Waals surface area contributed by atoms with Gasteiger partial charge >= 0.3 is 0 Å². The van der Waals surface area contributed by atoms with Gasteiger partial charge in [0.2, 0.25) is 5.95 Å². The van der Waals surface area contributed by atoms with Crippen LogP contribution in [0.1, 0.15) is 79.2 Å². The minimum atomic E-state index is -0.247. The van der Waals surface area contributed by atoms with Gasteiger partial charge in [-0.3, -0.25) is 4.98 Å². The molecule has 11 heterocycles. The van der Waals surface area contributed by atoms with Gasteiger partial charge < -0.3 is 24.3 Å². The highest BCUT2D eigenvalue weighted by molar-refractivity contribution is 7.13. The highest BCUT2D eigenvalue weighted by Crippen LogP contribution is 2.23. The van der Waals surface area contributed by atoms with Crippen molar-refractivity contribution >= 4 is 77.4 Å². The second-order valence-electron chi connectivity index (χ2n) is 22.3. The van der Waals surface area contributed by atoms with Crippen LogP contribution in [0.5, 0.6) is 0 Å². The Balaban J connectivity index is 0.000000154. The van der Waals surface area contributed by atoms with E-state index >= 15 is 0 Å². The van der Waals surface area contributed by atoms with Gasteiger partial charge in [-0.15, -0.1) is 22.7 Å². The second kappa shape index (κ2) is 37.4. The molecule has 500 valence electrons. The van der Waals surface area contributed by atoms with E-state index in [1.807, 2.05) is 112 Å². The van der Waals surface area contributed by atoms with E-state index in [4.69, 9.17) is 9.47 Å². The normalized spacial score (nSPS) is 12.2. The fraction of sp³-hybridized carbons (Fsp3) is 0.306. The number of thiazole rings is 2. The minimum Gasteiger partial charge on any atom is -0.378 e. The number of hydrogen-bond acceptors (Lipinski definition) is 20. The van der Waals surface area contributed by atoms with Crippen molar-refractivity contribution in [2.24, 2.45) is 0 Å². The lowest BCUT2D eigenvalue weighted by Crippen LogP contribution is -2.37. The van der Waals surface area contributed by atoms with Gasteiger partial charge in [0, 0.05) is 124 Å². The van der Waals surface area contributed by atoms with E-state index in [-0.39, 0.29) is 17.5 Å². The predicted molar refractivity (Wildman–Crippen MR) is 379 cm³/mol. The lowest BCUT2D eigenvalue weighted by molar-refractivity contribution is 0.122. The lowest BCUT2D eigenvalue weighted by Gasteiger charge is -2.26. The first-order valence-electron chi connectivity index (χ1n) is 31.0. The van der Waals surface area contributed by atoms with Crippen LogP contribution in [-0.2, 0) is 9.47 Å². The van der Waals surface area contributed by atoms with Crippen molar-refractivity contribution in [3.8, 4) is 0 Å². The van der Waals surface area contributed by atoms with Crippen molar-refractivity contribution in [2.45, 2.75) is 96.9 Å². The molecule has 0 aliphatic carbocycles. The predicted octanol–water partition coefficient (Wildman–Crippen LogP) is 15.2. The molecule has 4 aromatic carbocycles. The van der Waals surface area contributed by atoms with Crippen LogP contribution >= 0.6 is 22.7 Å². The average Bonchev–Trinajstić information content (AvgIpc) is 1.13. The first kappa shape index (κ1) is 73.7. The molecule has 96 heavy (non-hydrogen) atoms. The van der Waals surface area contributed by atoms with Gasteiger partial charge in [0.15, 0.2) is 5.13 Å². The van der Waals surface area contributed by atoms with Crippen LogP contribution in [0.3, 0.4) is 0 Å². The van der Waals surface area contributed by atoms with Crippen LogP contribution < -0.4 is 9.80 Å². The van der Waals surface area contributed by atoms with Gasteiger partial charge in [0.25, 0.3) is 0 Å². The highest BCUT2D eigenvalue weighted by Gasteiger charge is 2.15. The Labute approximate surface area is 566 Å². The lowest BCUT2D eigenvalue weighted by atomic mass is 10.1. The Hall–Kier alpha value is -9.75. The van der Waals surface area contributed by atoms with Gasteiger partial charge in [-0.05, 0) is 191 Å². The van der Waals surface area contributed by atoms with Crippen molar-refractivity contribution in [2.75, 3.05) is 62.4 Å². The molecule has 2 aliphatic heterocycles. The maximum absolute atomic E-state index is 13.1. The number of hydrogen-bond donors (Lipinski definition) is 1. The quantitative estimate of drug-likeness (QED) is 0.170. The summed E-state index contributed by atoms with van der Waals surface area (Å²) in [5.41, 5.74) is 17.6. The summed E-state index contributed by atoms with van der Waals surface area (Å²) >= 11 is 3.34. The van der Waals surface area contributed by atoms with E-state index in [2.05, 4.69) is 121 Å². The number of nitrogens with one attached hydrogen (secondary N) is 1. The number of benzene rings is 4. The van der Waals surface area contributed by atoms with Crippen LogP contribution in [-0.4, -0.2) is 128 Å². The third-order valence-electron chi connectivity index (χ3n) is 15.0. The molecule has 2 aliphatic rings. The summed E-state index contributed by atoms with van der Waals surface area (Å²) in [6.45, 7) is 34.0. The Morgan fingerprint density at radius 1 is 0.469 bits per heavy atom. The van der Waals surface area contributed by atoms with E-state index < -0.39 is 0 Å². The Bertz CT molecular complexity index is 4440. The maximum Gasteiger partial charge on any atom is 0.225 e. The first-order valence-corrected chi connectivity index (χ1v) is 32.8. The van der Waals surface area contributed by atoms with Crippen molar-refractivity contribution in [3.63, 3.8) is 0 Å². The Morgan fingerprint density at radius 2 is 1.10 bits per heavy atom. The van der Waals surface area contributed by atoms with Gasteiger partial charge in [-0.1, -0.05) is 12.1 Å². The molecule has 1 N–H and O–H groups in total.